The van der Waals surface area contributed by atoms with Gasteiger partial charge >= 0.3 is 0 Å². The summed E-state index contributed by atoms with van der Waals surface area (Å²) >= 11 is 1.50. The number of anilines is 1. The van der Waals surface area contributed by atoms with Gasteiger partial charge in [0.05, 0.1) is 19.0 Å². The predicted molar refractivity (Wildman–Crippen MR) is 114 cm³/mol. The largest absolute Gasteiger partial charge is 0.455 e. The van der Waals surface area contributed by atoms with E-state index in [9.17, 15) is 4.79 Å². The van der Waals surface area contributed by atoms with Crippen LogP contribution in [0.3, 0.4) is 0 Å². The summed E-state index contributed by atoms with van der Waals surface area (Å²) in [7, 11) is 3.93. The molecule has 0 aliphatic carbocycles. The molecule has 3 rings (SSSR count). The first-order valence-corrected chi connectivity index (χ1v) is 10.9. The second-order valence-electron chi connectivity index (χ2n) is 7.01. The van der Waals surface area contributed by atoms with E-state index in [0.29, 0.717) is 23.2 Å². The molecule has 1 N–H and O–H groups in total. The number of furan rings is 1. The third kappa shape index (κ3) is 6.45. The van der Waals surface area contributed by atoms with Gasteiger partial charge in [-0.15, -0.1) is 0 Å². The SMILES string of the molecule is CCc1cc(N(C)C)nc(SCc2ccc(C(=O)NCCN3CCOCC3)o2)n1. The molecule has 29 heavy (non-hydrogen) atoms. The molecule has 2 aromatic rings. The summed E-state index contributed by atoms with van der Waals surface area (Å²) in [4.78, 5) is 25.7. The summed E-state index contributed by atoms with van der Waals surface area (Å²) in [6.07, 6.45) is 0.854. The highest BCUT2D eigenvalue weighted by molar-refractivity contribution is 7.98. The molecule has 1 saturated heterocycles. The molecule has 9 heteroatoms. The van der Waals surface area contributed by atoms with Crippen LogP contribution in [0.2, 0.25) is 0 Å². The van der Waals surface area contributed by atoms with Crippen LogP contribution in [0.25, 0.3) is 0 Å². The molecule has 8 nitrogen and oxygen atoms in total. The Balaban J connectivity index is 1.49. The van der Waals surface area contributed by atoms with Crippen molar-refractivity contribution in [3.8, 4) is 0 Å². The fraction of sp³-hybridized carbons (Fsp3) is 0.550. The Morgan fingerprint density at radius 2 is 2.07 bits per heavy atom. The van der Waals surface area contributed by atoms with Crippen molar-refractivity contribution in [3.05, 3.63) is 35.4 Å². The van der Waals surface area contributed by atoms with Crippen molar-refractivity contribution in [2.75, 3.05) is 58.4 Å². The van der Waals surface area contributed by atoms with E-state index in [4.69, 9.17) is 9.15 Å². The van der Waals surface area contributed by atoms with Crippen LogP contribution in [0.15, 0.2) is 27.8 Å². The minimum atomic E-state index is -0.186. The highest BCUT2D eigenvalue weighted by Gasteiger charge is 2.14. The highest BCUT2D eigenvalue weighted by Crippen LogP contribution is 2.23. The molecule has 0 unspecified atom stereocenters. The number of nitrogens with zero attached hydrogens (tertiary/aromatic N) is 4. The van der Waals surface area contributed by atoms with Crippen LogP contribution in [0.1, 0.15) is 28.9 Å². The van der Waals surface area contributed by atoms with E-state index in [1.807, 2.05) is 31.1 Å². The number of carbonyl (C=O) groups excluding carboxylic acids is 1. The minimum Gasteiger partial charge on any atom is -0.455 e. The number of thioether (sulfide) groups is 1. The standard InChI is InChI=1S/C20H29N5O3S/c1-4-15-13-18(24(2)3)23-20(22-15)29-14-16-5-6-17(28-16)19(26)21-7-8-25-9-11-27-12-10-25/h5-6,13H,4,7-12,14H2,1-3H3,(H,21,26). The number of rotatable bonds is 9. The number of morpholine rings is 1. The lowest BCUT2D eigenvalue weighted by atomic mass is 10.3. The third-order valence-electron chi connectivity index (χ3n) is 4.61. The van der Waals surface area contributed by atoms with Crippen LogP contribution in [-0.4, -0.2) is 74.3 Å². The molecule has 0 spiro atoms. The Kier molecular flexibility index (Phi) is 7.91. The molecular weight excluding hydrogens is 390 g/mol. The lowest BCUT2D eigenvalue weighted by molar-refractivity contribution is 0.0382. The molecule has 1 aliphatic heterocycles. The van der Waals surface area contributed by atoms with Gasteiger partial charge < -0.3 is 19.4 Å². The molecule has 1 fully saturated rings. The van der Waals surface area contributed by atoms with Gasteiger partial charge in [-0.05, 0) is 18.6 Å². The van der Waals surface area contributed by atoms with Crippen molar-refractivity contribution in [3.63, 3.8) is 0 Å². The van der Waals surface area contributed by atoms with E-state index in [-0.39, 0.29) is 5.91 Å². The van der Waals surface area contributed by atoms with Crippen LogP contribution in [0.4, 0.5) is 5.82 Å². The Labute approximate surface area is 176 Å². The maximum Gasteiger partial charge on any atom is 0.287 e. The Bertz CT molecular complexity index is 805. The zero-order valence-electron chi connectivity index (χ0n) is 17.3. The molecule has 158 valence electrons. The number of aryl methyl sites for hydroxylation is 1. The smallest absolute Gasteiger partial charge is 0.287 e. The molecule has 0 bridgehead atoms. The van der Waals surface area contributed by atoms with Crippen LogP contribution in [0, 0.1) is 0 Å². The van der Waals surface area contributed by atoms with Crippen LogP contribution < -0.4 is 10.2 Å². The topological polar surface area (TPSA) is 83.7 Å². The summed E-state index contributed by atoms with van der Waals surface area (Å²) in [6.45, 7) is 6.82. The van der Waals surface area contributed by atoms with E-state index in [0.717, 1.165) is 56.5 Å². The van der Waals surface area contributed by atoms with Gasteiger partial charge in [0.15, 0.2) is 10.9 Å². The van der Waals surface area contributed by atoms with Gasteiger partial charge in [0.1, 0.15) is 11.6 Å². The molecule has 0 atom stereocenters. The summed E-state index contributed by atoms with van der Waals surface area (Å²) in [6, 6.07) is 5.55. The molecule has 0 radical (unpaired) electrons. The zero-order chi connectivity index (χ0) is 20.6. The number of aromatic nitrogens is 2. The van der Waals surface area contributed by atoms with Crippen molar-refractivity contribution in [2.45, 2.75) is 24.3 Å². The number of hydrogen-bond donors (Lipinski definition) is 1. The predicted octanol–water partition coefficient (Wildman–Crippen LogP) is 2.05. The first kappa shape index (κ1) is 21.6. The summed E-state index contributed by atoms with van der Waals surface area (Å²) < 4.78 is 11.0. The van der Waals surface area contributed by atoms with E-state index < -0.39 is 0 Å². The quantitative estimate of drug-likeness (QED) is 0.488. The first-order chi connectivity index (χ1) is 14.0. The monoisotopic (exact) mass is 419 g/mol. The van der Waals surface area contributed by atoms with E-state index in [1.165, 1.54) is 11.8 Å². The fourth-order valence-corrected chi connectivity index (χ4v) is 3.65. The van der Waals surface area contributed by atoms with Crippen LogP contribution >= 0.6 is 11.8 Å². The van der Waals surface area contributed by atoms with Crippen molar-refractivity contribution in [1.82, 2.24) is 20.2 Å². The van der Waals surface area contributed by atoms with Crippen molar-refractivity contribution >= 4 is 23.5 Å². The number of ether oxygens (including phenoxy) is 1. The van der Waals surface area contributed by atoms with Crippen LogP contribution in [0.5, 0.6) is 0 Å². The van der Waals surface area contributed by atoms with Gasteiger partial charge in [0, 0.05) is 52.0 Å². The lowest BCUT2D eigenvalue weighted by Crippen LogP contribution is -2.41. The summed E-state index contributed by atoms with van der Waals surface area (Å²) in [5, 5.41) is 3.63. The number of carbonyl (C=O) groups is 1. The molecular formula is C20H29N5O3S. The Hall–Kier alpha value is -2.10. The fourth-order valence-electron chi connectivity index (χ4n) is 2.89. The summed E-state index contributed by atoms with van der Waals surface area (Å²) in [5.74, 6) is 2.33. The van der Waals surface area contributed by atoms with E-state index in [1.54, 1.807) is 6.07 Å². The first-order valence-electron chi connectivity index (χ1n) is 9.90. The average molecular weight is 420 g/mol. The molecule has 3 heterocycles. The maximum absolute atomic E-state index is 12.3. The number of amides is 1. The van der Waals surface area contributed by atoms with Crippen LogP contribution in [-0.2, 0) is 16.9 Å². The maximum atomic E-state index is 12.3. The molecule has 0 aromatic carbocycles. The van der Waals surface area contributed by atoms with Gasteiger partial charge in [-0.2, -0.15) is 0 Å². The molecule has 0 saturated carbocycles. The highest BCUT2D eigenvalue weighted by atomic mass is 32.2. The van der Waals surface area contributed by atoms with Gasteiger partial charge in [0.2, 0.25) is 0 Å². The second-order valence-corrected chi connectivity index (χ2v) is 7.96. The van der Waals surface area contributed by atoms with Gasteiger partial charge in [0.25, 0.3) is 5.91 Å². The molecule has 2 aromatic heterocycles. The number of hydrogen-bond acceptors (Lipinski definition) is 8. The minimum absolute atomic E-state index is 0.186. The summed E-state index contributed by atoms with van der Waals surface area (Å²) in [5.41, 5.74) is 1.01. The number of nitrogens with one attached hydrogen (secondary N) is 1. The zero-order valence-corrected chi connectivity index (χ0v) is 18.1. The van der Waals surface area contributed by atoms with Gasteiger partial charge in [-0.3, -0.25) is 9.69 Å². The van der Waals surface area contributed by atoms with E-state index >= 15 is 0 Å². The average Bonchev–Trinajstić information content (AvgIpc) is 3.22. The Morgan fingerprint density at radius 1 is 1.28 bits per heavy atom. The van der Waals surface area contributed by atoms with Gasteiger partial charge in [-0.1, -0.05) is 18.7 Å². The second kappa shape index (κ2) is 10.6. The van der Waals surface area contributed by atoms with E-state index in [2.05, 4.69) is 27.1 Å². The van der Waals surface area contributed by atoms with Crippen molar-refractivity contribution in [1.29, 1.82) is 0 Å². The normalized spacial score (nSPS) is 14.7. The van der Waals surface area contributed by atoms with Gasteiger partial charge in [-0.25, -0.2) is 9.97 Å². The van der Waals surface area contributed by atoms with Crippen molar-refractivity contribution < 1.29 is 13.9 Å². The van der Waals surface area contributed by atoms with Crippen molar-refractivity contribution in [2.24, 2.45) is 0 Å². The Morgan fingerprint density at radius 3 is 2.79 bits per heavy atom. The molecule has 1 amide bonds. The molecule has 1 aliphatic rings. The lowest BCUT2D eigenvalue weighted by Gasteiger charge is -2.26. The third-order valence-corrected chi connectivity index (χ3v) is 5.48.